The fourth-order valence-electron chi connectivity index (χ4n) is 4.64. The van der Waals surface area contributed by atoms with Gasteiger partial charge in [0.15, 0.2) is 0 Å². The normalized spacial score (nSPS) is 16.0. The van der Waals surface area contributed by atoms with Gasteiger partial charge in [0.05, 0.1) is 16.6 Å². The first-order valence-corrected chi connectivity index (χ1v) is 12.0. The number of rotatable bonds is 12. The van der Waals surface area contributed by atoms with E-state index in [1.165, 1.54) is 0 Å². The number of para-hydroxylation sites is 1. The van der Waals surface area contributed by atoms with Crippen LogP contribution in [0.15, 0.2) is 77.1 Å². The zero-order valence-electron chi connectivity index (χ0n) is 21.5. The molecule has 0 aromatic heterocycles. The molecule has 1 unspecified atom stereocenters. The highest BCUT2D eigenvalue weighted by Crippen LogP contribution is 2.47. The Kier molecular flexibility index (Phi) is 8.96. The van der Waals surface area contributed by atoms with Crippen LogP contribution in [0, 0.1) is 0 Å². The van der Waals surface area contributed by atoms with Gasteiger partial charge in [-0.15, -0.1) is 0 Å². The Morgan fingerprint density at radius 2 is 1.54 bits per heavy atom. The summed E-state index contributed by atoms with van der Waals surface area (Å²) in [5.41, 5.74) is 0.0736. The van der Waals surface area contributed by atoms with Crippen LogP contribution in [0.4, 0.5) is 0 Å². The predicted octanol–water partition coefficient (Wildman–Crippen LogP) is 3.02. The molecule has 9 heteroatoms. The van der Waals surface area contributed by atoms with E-state index in [1.807, 2.05) is 30.3 Å². The first-order chi connectivity index (χ1) is 17.6. The number of nitrogens with zero attached hydrogens (tertiary/aromatic N) is 1. The third kappa shape index (κ3) is 6.12. The molecule has 2 aromatic carbocycles. The van der Waals surface area contributed by atoms with Crippen LogP contribution in [0.3, 0.4) is 0 Å². The van der Waals surface area contributed by atoms with Gasteiger partial charge in [-0.25, -0.2) is 9.59 Å². The Bertz CT molecular complexity index is 1150. The second-order valence-electron chi connectivity index (χ2n) is 9.07. The molecule has 198 valence electrons. The van der Waals surface area contributed by atoms with E-state index >= 15 is 0 Å². The van der Waals surface area contributed by atoms with E-state index in [-0.39, 0.29) is 24.4 Å². The van der Waals surface area contributed by atoms with E-state index in [2.05, 4.69) is 5.32 Å². The Labute approximate surface area is 216 Å². The molecule has 3 rings (SSSR count). The summed E-state index contributed by atoms with van der Waals surface area (Å²) in [6, 6.07) is 16.1. The number of aliphatic hydroxyl groups is 1. The highest BCUT2D eigenvalue weighted by Gasteiger charge is 2.48. The molecule has 0 fully saturated rings. The molecule has 9 nitrogen and oxygen atoms in total. The number of nitrogens with one attached hydrogen (secondary N) is 1. The monoisotopic (exact) mass is 510 g/mol. The van der Waals surface area contributed by atoms with Gasteiger partial charge in [-0.2, -0.15) is 0 Å². The number of ether oxygens (including phenoxy) is 2. The maximum atomic E-state index is 12.3. The number of allylic oxidation sites excluding steroid dienone is 2. The van der Waals surface area contributed by atoms with Gasteiger partial charge >= 0.3 is 11.9 Å². The Morgan fingerprint density at radius 1 is 0.946 bits per heavy atom. The summed E-state index contributed by atoms with van der Waals surface area (Å²) in [4.78, 5) is 26.2. The van der Waals surface area contributed by atoms with Crippen LogP contribution in [0.25, 0.3) is 0 Å². The zero-order chi connectivity index (χ0) is 27.2. The van der Waals surface area contributed by atoms with Crippen molar-refractivity contribution >= 4 is 11.9 Å². The van der Waals surface area contributed by atoms with Gasteiger partial charge < -0.3 is 35.0 Å². The molecule has 1 aliphatic heterocycles. The second kappa shape index (κ2) is 11.9. The third-order valence-corrected chi connectivity index (χ3v) is 6.68. The number of carboxylic acids is 2. The average molecular weight is 511 g/mol. The topological polar surface area (TPSA) is 129 Å². The lowest BCUT2D eigenvalue weighted by atomic mass is 9.67. The molecule has 1 aliphatic rings. The van der Waals surface area contributed by atoms with Gasteiger partial charge in [0.2, 0.25) is 0 Å². The van der Waals surface area contributed by atoms with Gasteiger partial charge in [0.25, 0.3) is 0 Å². The molecule has 0 spiro atoms. The molecule has 37 heavy (non-hydrogen) atoms. The summed E-state index contributed by atoms with van der Waals surface area (Å²) in [7, 11) is 1.66. The number of aliphatic hydroxyl groups excluding tert-OH is 1. The molecule has 0 aliphatic carbocycles. The van der Waals surface area contributed by atoms with Crippen molar-refractivity contribution in [1.82, 2.24) is 10.2 Å². The van der Waals surface area contributed by atoms with Crippen LogP contribution in [-0.4, -0.2) is 71.6 Å². The van der Waals surface area contributed by atoms with E-state index in [4.69, 9.17) is 9.47 Å². The number of hydrogen-bond donors (Lipinski definition) is 4. The van der Waals surface area contributed by atoms with Crippen molar-refractivity contribution in [2.24, 2.45) is 0 Å². The summed E-state index contributed by atoms with van der Waals surface area (Å²) in [6.07, 6.45) is -0.693. The highest BCUT2D eigenvalue weighted by molar-refractivity contribution is 6.00. The van der Waals surface area contributed by atoms with E-state index in [1.54, 1.807) is 57.0 Å². The summed E-state index contributed by atoms with van der Waals surface area (Å²) in [5, 5.41) is 33.3. The maximum Gasteiger partial charge on any atom is 0.334 e. The van der Waals surface area contributed by atoms with Crippen molar-refractivity contribution in [3.8, 4) is 11.5 Å². The van der Waals surface area contributed by atoms with Crippen molar-refractivity contribution in [1.29, 1.82) is 0 Å². The van der Waals surface area contributed by atoms with Gasteiger partial charge in [-0.3, -0.25) is 0 Å². The van der Waals surface area contributed by atoms with Gasteiger partial charge in [0, 0.05) is 31.5 Å². The number of carbonyl (C=O) groups is 2. The minimum Gasteiger partial charge on any atom is -0.492 e. The van der Waals surface area contributed by atoms with Crippen LogP contribution in [0.1, 0.15) is 26.3 Å². The third-order valence-electron chi connectivity index (χ3n) is 6.68. The van der Waals surface area contributed by atoms with Gasteiger partial charge in [-0.05, 0) is 50.6 Å². The van der Waals surface area contributed by atoms with Crippen molar-refractivity contribution < 1.29 is 34.4 Å². The number of hydrogen-bond acceptors (Lipinski definition) is 7. The van der Waals surface area contributed by atoms with Crippen molar-refractivity contribution in [2.45, 2.75) is 32.3 Å². The summed E-state index contributed by atoms with van der Waals surface area (Å²) in [5.74, 6) is -1.18. The molecular formula is C28H34N2O7. The molecule has 4 N–H and O–H groups in total. The van der Waals surface area contributed by atoms with Gasteiger partial charge in [-0.1, -0.05) is 30.3 Å². The Hall–Kier alpha value is -3.82. The molecule has 1 atom stereocenters. The molecule has 2 aromatic rings. The number of carboxylic acid groups (broad SMARTS) is 2. The molecule has 0 amide bonds. The summed E-state index contributed by atoms with van der Waals surface area (Å²) in [6.45, 7) is 6.19. The smallest absolute Gasteiger partial charge is 0.334 e. The van der Waals surface area contributed by atoms with E-state index in [0.29, 0.717) is 41.5 Å². The standard InChI is InChI=1S/C28H34N2O7/c1-18-24(26(32)33)28(3,25(27(34)35)19(2)30(18)4)20-9-8-12-23(15-20)36-14-13-29-16-21(31)17-37-22-10-6-5-7-11-22/h5-12,15,21,29,31H,13-14,16-17H2,1-4H3,(H,32,33)(H,34,35). The first-order valence-electron chi connectivity index (χ1n) is 12.0. The van der Waals surface area contributed by atoms with Crippen LogP contribution in [-0.2, 0) is 15.0 Å². The van der Waals surface area contributed by atoms with E-state index in [0.717, 1.165) is 0 Å². The molecule has 0 bridgehead atoms. The van der Waals surface area contributed by atoms with Crippen molar-refractivity contribution in [3.05, 3.63) is 82.7 Å². The SMILES string of the molecule is CC1=C(C(=O)O)C(C)(c2cccc(OCCNCC(O)COc3ccccc3)c2)C(C(=O)O)=C(C)N1C. The molecule has 0 saturated carbocycles. The lowest BCUT2D eigenvalue weighted by Gasteiger charge is -2.41. The maximum absolute atomic E-state index is 12.3. The molecule has 0 radical (unpaired) electrons. The molecule has 0 saturated heterocycles. The lowest BCUT2D eigenvalue weighted by Crippen LogP contribution is -2.43. The summed E-state index contributed by atoms with van der Waals surface area (Å²) >= 11 is 0. The van der Waals surface area contributed by atoms with Crippen LogP contribution in [0.5, 0.6) is 11.5 Å². The predicted molar refractivity (Wildman–Crippen MR) is 139 cm³/mol. The van der Waals surface area contributed by atoms with E-state index < -0.39 is 23.5 Å². The Balaban J connectivity index is 1.66. The minimum absolute atomic E-state index is 0.00326. The molecule has 1 heterocycles. The lowest BCUT2D eigenvalue weighted by molar-refractivity contribution is -0.134. The van der Waals surface area contributed by atoms with Crippen LogP contribution < -0.4 is 14.8 Å². The first kappa shape index (κ1) is 27.8. The number of aliphatic carboxylic acids is 2. The van der Waals surface area contributed by atoms with Crippen molar-refractivity contribution in [3.63, 3.8) is 0 Å². The van der Waals surface area contributed by atoms with Crippen LogP contribution in [0.2, 0.25) is 0 Å². The molecular weight excluding hydrogens is 476 g/mol. The Morgan fingerprint density at radius 3 is 2.14 bits per heavy atom. The van der Waals surface area contributed by atoms with Crippen LogP contribution >= 0.6 is 0 Å². The fourth-order valence-corrected chi connectivity index (χ4v) is 4.64. The summed E-state index contributed by atoms with van der Waals surface area (Å²) < 4.78 is 11.4. The quantitative estimate of drug-likeness (QED) is 0.319. The second-order valence-corrected chi connectivity index (χ2v) is 9.07. The minimum atomic E-state index is -1.39. The van der Waals surface area contributed by atoms with E-state index in [9.17, 15) is 24.9 Å². The zero-order valence-corrected chi connectivity index (χ0v) is 21.5. The average Bonchev–Trinajstić information content (AvgIpc) is 2.86. The van der Waals surface area contributed by atoms with Gasteiger partial charge in [0.1, 0.15) is 30.8 Å². The highest BCUT2D eigenvalue weighted by atomic mass is 16.5. The van der Waals surface area contributed by atoms with Crippen molar-refractivity contribution in [2.75, 3.05) is 33.4 Å². The number of benzene rings is 2. The largest absolute Gasteiger partial charge is 0.492 e. The fraction of sp³-hybridized carbons (Fsp3) is 0.357.